The van der Waals surface area contributed by atoms with E-state index in [2.05, 4.69) is 9.98 Å². The Balaban J connectivity index is 1.62. The van der Waals surface area contributed by atoms with Crippen molar-refractivity contribution < 1.29 is 18.7 Å². The molecular weight excluding hydrogens is 484 g/mol. The highest BCUT2D eigenvalue weighted by Crippen LogP contribution is 2.43. The fraction of sp³-hybridized carbons (Fsp3) is 0.385. The molecule has 0 saturated carbocycles. The maximum atomic E-state index is 15.1. The van der Waals surface area contributed by atoms with Gasteiger partial charge in [-0.05, 0) is 61.6 Å². The van der Waals surface area contributed by atoms with Crippen molar-refractivity contribution in [2.45, 2.75) is 43.6 Å². The van der Waals surface area contributed by atoms with Crippen molar-refractivity contribution in [3.63, 3.8) is 0 Å². The number of likely N-dealkylation sites (tertiary alicyclic amines) is 1. The Morgan fingerprint density at radius 3 is 2.81 bits per heavy atom. The van der Waals surface area contributed by atoms with E-state index in [0.717, 1.165) is 11.8 Å². The Morgan fingerprint density at radius 1 is 1.39 bits per heavy atom. The molecule has 36 heavy (non-hydrogen) atoms. The standard InChI is InChI=1S/C26H27F2N5O2S/c1-15-9-23(24(35)33-8-7-18(34)14-33)36-25(30)32-26(15,2)19-10-16(3-5-20(19)27)11-21(28)22-6-4-17(12-29)13-31-22/h3-6,10-11,13,15,18,23,34H,7-9,14H2,1-2H3,(H2,30,32)/b21-11-/t15-,18-,23-,26+/m1/s1. The van der Waals surface area contributed by atoms with Crippen molar-refractivity contribution in [3.8, 4) is 6.07 Å². The number of aliphatic imine (C=N–C) groups is 1. The largest absolute Gasteiger partial charge is 0.391 e. The van der Waals surface area contributed by atoms with Gasteiger partial charge in [0.15, 0.2) is 5.17 Å². The van der Waals surface area contributed by atoms with Gasteiger partial charge >= 0.3 is 0 Å². The zero-order valence-corrected chi connectivity index (χ0v) is 20.8. The third kappa shape index (κ3) is 5.27. The zero-order chi connectivity index (χ0) is 26.0. The molecule has 7 nitrogen and oxygen atoms in total. The van der Waals surface area contributed by atoms with Gasteiger partial charge in [0.05, 0.1) is 28.2 Å². The highest BCUT2D eigenvalue weighted by atomic mass is 32.2. The molecule has 2 aliphatic rings. The van der Waals surface area contributed by atoms with E-state index in [1.165, 1.54) is 42.6 Å². The molecule has 1 fully saturated rings. The van der Waals surface area contributed by atoms with Gasteiger partial charge in [0.1, 0.15) is 17.7 Å². The minimum atomic E-state index is -1.09. The number of carbonyl (C=O) groups excluding carboxylic acids is 1. The molecule has 10 heteroatoms. The molecule has 0 spiro atoms. The van der Waals surface area contributed by atoms with Gasteiger partial charge in [-0.3, -0.25) is 14.8 Å². The molecule has 2 aliphatic heterocycles. The average Bonchev–Trinajstić information content (AvgIpc) is 3.25. The number of thioether (sulfide) groups is 1. The van der Waals surface area contributed by atoms with Crippen LogP contribution >= 0.6 is 11.8 Å². The molecule has 3 heterocycles. The van der Waals surface area contributed by atoms with Crippen LogP contribution in [0, 0.1) is 23.1 Å². The Kier molecular flexibility index (Phi) is 7.43. The predicted molar refractivity (Wildman–Crippen MR) is 136 cm³/mol. The van der Waals surface area contributed by atoms with Gasteiger partial charge in [-0.15, -0.1) is 0 Å². The van der Waals surface area contributed by atoms with Crippen LogP contribution in [0.1, 0.15) is 49.1 Å². The van der Waals surface area contributed by atoms with Crippen LogP contribution in [0.4, 0.5) is 8.78 Å². The molecule has 0 unspecified atom stereocenters. The maximum absolute atomic E-state index is 15.1. The number of hydrogen-bond donors (Lipinski definition) is 2. The smallest absolute Gasteiger partial charge is 0.236 e. The van der Waals surface area contributed by atoms with Crippen LogP contribution < -0.4 is 5.73 Å². The van der Waals surface area contributed by atoms with Crippen LogP contribution in [0.2, 0.25) is 0 Å². The number of benzene rings is 1. The first-order valence-electron chi connectivity index (χ1n) is 11.6. The summed E-state index contributed by atoms with van der Waals surface area (Å²) in [5.41, 5.74) is 6.14. The number of amidine groups is 1. The number of aliphatic hydroxyl groups excluding tert-OH is 1. The van der Waals surface area contributed by atoms with E-state index >= 15 is 4.39 Å². The second kappa shape index (κ2) is 10.4. The Labute approximate surface area is 212 Å². The molecule has 1 aromatic heterocycles. The first-order chi connectivity index (χ1) is 17.1. The summed E-state index contributed by atoms with van der Waals surface area (Å²) < 4.78 is 30.0. The molecule has 0 radical (unpaired) electrons. The molecule has 1 amide bonds. The van der Waals surface area contributed by atoms with Crippen molar-refractivity contribution in [3.05, 3.63) is 64.7 Å². The molecule has 3 N–H and O–H groups in total. The average molecular weight is 512 g/mol. The number of nitrogens with two attached hydrogens (primary N) is 1. The van der Waals surface area contributed by atoms with E-state index in [9.17, 15) is 14.3 Å². The summed E-state index contributed by atoms with van der Waals surface area (Å²) in [6.45, 7) is 4.44. The first-order valence-corrected chi connectivity index (χ1v) is 12.5. The minimum Gasteiger partial charge on any atom is -0.391 e. The molecule has 4 atom stereocenters. The molecule has 4 rings (SSSR count). The Bertz CT molecular complexity index is 1260. The quantitative estimate of drug-likeness (QED) is 0.645. The number of nitrogens with zero attached hydrogens (tertiary/aromatic N) is 4. The summed E-state index contributed by atoms with van der Waals surface area (Å²) in [4.78, 5) is 23.3. The van der Waals surface area contributed by atoms with Crippen LogP contribution in [0.15, 0.2) is 41.5 Å². The first kappa shape index (κ1) is 25.8. The topological polar surface area (TPSA) is 116 Å². The van der Waals surface area contributed by atoms with E-state index in [1.807, 2.05) is 13.0 Å². The van der Waals surface area contributed by atoms with Crippen LogP contribution in [0.25, 0.3) is 11.9 Å². The number of carbonyl (C=O) groups is 1. The van der Waals surface area contributed by atoms with Gasteiger partial charge in [0, 0.05) is 24.8 Å². The lowest BCUT2D eigenvalue weighted by Gasteiger charge is -2.33. The molecule has 1 aromatic carbocycles. The summed E-state index contributed by atoms with van der Waals surface area (Å²) in [5.74, 6) is -1.52. The van der Waals surface area contributed by atoms with Gasteiger partial charge in [0.2, 0.25) is 5.91 Å². The minimum absolute atomic E-state index is 0.0565. The highest BCUT2D eigenvalue weighted by Gasteiger charge is 2.42. The van der Waals surface area contributed by atoms with Crippen LogP contribution in [-0.4, -0.2) is 50.5 Å². The van der Waals surface area contributed by atoms with Crippen molar-refractivity contribution in [2.75, 3.05) is 13.1 Å². The molecule has 0 bridgehead atoms. The number of hydrogen-bond acceptors (Lipinski definition) is 7. The number of rotatable bonds is 4. The van der Waals surface area contributed by atoms with Crippen LogP contribution in [0.3, 0.4) is 0 Å². The SMILES string of the molecule is C[C@@H]1C[C@H](C(=O)N2CC[C@@H](O)C2)SC(N)=N[C@]1(C)c1cc(/C=C(\F)c2ccc(C#N)cn2)ccc1F. The fourth-order valence-electron chi connectivity index (χ4n) is 4.57. The van der Waals surface area contributed by atoms with Crippen molar-refractivity contribution >= 4 is 34.7 Å². The lowest BCUT2D eigenvalue weighted by molar-refractivity contribution is -0.130. The number of amides is 1. The lowest BCUT2D eigenvalue weighted by atomic mass is 9.78. The summed E-state index contributed by atoms with van der Waals surface area (Å²) in [5, 5.41) is 18.4. The lowest BCUT2D eigenvalue weighted by Crippen LogP contribution is -2.39. The summed E-state index contributed by atoms with van der Waals surface area (Å²) >= 11 is 1.15. The fourth-order valence-corrected chi connectivity index (χ4v) is 5.74. The molecule has 2 aromatic rings. The normalized spacial score (nSPS) is 26.8. The van der Waals surface area contributed by atoms with Gasteiger partial charge in [-0.2, -0.15) is 5.26 Å². The number of pyridine rings is 1. The number of β-amino-alcohol motifs (C(OH)–C–C–N with tert-alkyl or cyclic N) is 1. The Hall–Kier alpha value is -3.29. The van der Waals surface area contributed by atoms with E-state index in [-0.39, 0.29) is 28.3 Å². The Morgan fingerprint density at radius 2 is 2.17 bits per heavy atom. The van der Waals surface area contributed by atoms with E-state index < -0.39 is 28.5 Å². The van der Waals surface area contributed by atoms with Gasteiger partial charge < -0.3 is 15.7 Å². The molecular formula is C26H27F2N5O2S. The van der Waals surface area contributed by atoms with Gasteiger partial charge in [-0.1, -0.05) is 24.8 Å². The number of aromatic nitrogens is 1. The second-order valence-corrected chi connectivity index (χ2v) is 10.6. The summed E-state index contributed by atoms with van der Waals surface area (Å²) in [7, 11) is 0. The zero-order valence-electron chi connectivity index (χ0n) is 20.0. The molecule has 0 aliphatic carbocycles. The van der Waals surface area contributed by atoms with E-state index in [4.69, 9.17) is 11.0 Å². The molecule has 188 valence electrons. The highest BCUT2D eigenvalue weighted by molar-refractivity contribution is 8.14. The monoisotopic (exact) mass is 511 g/mol. The van der Waals surface area contributed by atoms with Crippen molar-refractivity contribution in [2.24, 2.45) is 16.6 Å². The van der Waals surface area contributed by atoms with E-state index in [1.54, 1.807) is 11.8 Å². The summed E-state index contributed by atoms with van der Waals surface area (Å²) in [6.07, 6.45) is 2.94. The number of nitriles is 1. The van der Waals surface area contributed by atoms with Gasteiger partial charge in [-0.25, -0.2) is 8.78 Å². The summed E-state index contributed by atoms with van der Waals surface area (Å²) in [6, 6.07) is 9.06. The van der Waals surface area contributed by atoms with Crippen molar-refractivity contribution in [1.29, 1.82) is 5.26 Å². The third-order valence-corrected chi connectivity index (χ3v) is 7.86. The van der Waals surface area contributed by atoms with Crippen LogP contribution in [-0.2, 0) is 10.3 Å². The molecule has 1 saturated heterocycles. The van der Waals surface area contributed by atoms with E-state index in [0.29, 0.717) is 37.1 Å². The predicted octanol–water partition coefficient (Wildman–Crippen LogP) is 3.82. The third-order valence-electron chi connectivity index (χ3n) is 6.85. The number of halogens is 2. The maximum Gasteiger partial charge on any atom is 0.236 e. The number of aliphatic hydroxyl groups is 1. The van der Waals surface area contributed by atoms with Crippen molar-refractivity contribution in [1.82, 2.24) is 9.88 Å². The van der Waals surface area contributed by atoms with Crippen LogP contribution in [0.5, 0.6) is 0 Å². The second-order valence-electron chi connectivity index (χ2n) is 9.34. The van der Waals surface area contributed by atoms with Gasteiger partial charge in [0.25, 0.3) is 0 Å².